The lowest BCUT2D eigenvalue weighted by molar-refractivity contribution is 0.120. The van der Waals surface area contributed by atoms with Gasteiger partial charge in [-0.05, 0) is 31.6 Å². The maximum absolute atomic E-state index is 6.16. The first kappa shape index (κ1) is 14.3. The lowest BCUT2D eigenvalue weighted by Gasteiger charge is -2.36. The molecule has 2 aliphatic rings. The normalized spacial score (nSPS) is 24.3. The topological polar surface area (TPSA) is 41.7 Å². The van der Waals surface area contributed by atoms with Gasteiger partial charge in [0.1, 0.15) is 0 Å². The molecule has 0 spiro atoms. The molecular formula is C14H29N3O. The van der Waals surface area contributed by atoms with Crippen LogP contribution in [0.25, 0.3) is 0 Å². The van der Waals surface area contributed by atoms with Crippen LogP contribution < -0.4 is 5.73 Å². The molecule has 1 heterocycles. The van der Waals surface area contributed by atoms with Crippen molar-refractivity contribution in [2.45, 2.75) is 31.7 Å². The first-order chi connectivity index (χ1) is 8.78. The van der Waals surface area contributed by atoms with Gasteiger partial charge in [-0.2, -0.15) is 0 Å². The van der Waals surface area contributed by atoms with Crippen LogP contribution in [-0.2, 0) is 4.74 Å². The van der Waals surface area contributed by atoms with Gasteiger partial charge in [0.2, 0.25) is 0 Å². The number of methoxy groups -OCH3 is 1. The van der Waals surface area contributed by atoms with Gasteiger partial charge in [0.25, 0.3) is 0 Å². The molecule has 4 heteroatoms. The molecule has 2 rings (SSSR count). The Labute approximate surface area is 111 Å². The molecule has 1 aliphatic heterocycles. The Hall–Kier alpha value is -0.160. The molecule has 1 saturated heterocycles. The summed E-state index contributed by atoms with van der Waals surface area (Å²) in [6, 6.07) is 0.315. The van der Waals surface area contributed by atoms with Crippen molar-refractivity contribution in [1.82, 2.24) is 9.80 Å². The summed E-state index contributed by atoms with van der Waals surface area (Å²) in [6.45, 7) is 8.11. The zero-order chi connectivity index (χ0) is 12.8. The fourth-order valence-electron chi connectivity index (χ4n) is 2.73. The second-order valence-electron chi connectivity index (χ2n) is 5.94. The van der Waals surface area contributed by atoms with Crippen molar-refractivity contribution < 1.29 is 4.74 Å². The van der Waals surface area contributed by atoms with Crippen molar-refractivity contribution in [2.24, 2.45) is 11.7 Å². The average Bonchev–Trinajstić information content (AvgIpc) is 3.16. The van der Waals surface area contributed by atoms with Crippen molar-refractivity contribution in [1.29, 1.82) is 0 Å². The van der Waals surface area contributed by atoms with Gasteiger partial charge in [0, 0.05) is 59.0 Å². The van der Waals surface area contributed by atoms with Gasteiger partial charge < -0.3 is 15.4 Å². The lowest BCUT2D eigenvalue weighted by atomic mass is 10.1. The highest BCUT2D eigenvalue weighted by Crippen LogP contribution is 2.29. The summed E-state index contributed by atoms with van der Waals surface area (Å²) in [6.07, 6.45) is 5.09. The van der Waals surface area contributed by atoms with Gasteiger partial charge in [-0.3, -0.25) is 4.90 Å². The minimum Gasteiger partial charge on any atom is -0.385 e. The largest absolute Gasteiger partial charge is 0.385 e. The van der Waals surface area contributed by atoms with Crippen molar-refractivity contribution in [3.05, 3.63) is 0 Å². The molecule has 0 aromatic heterocycles. The maximum atomic E-state index is 6.16. The third-order valence-electron chi connectivity index (χ3n) is 4.09. The molecule has 1 aliphatic carbocycles. The van der Waals surface area contributed by atoms with Crippen LogP contribution in [0.15, 0.2) is 0 Å². The van der Waals surface area contributed by atoms with E-state index in [1.165, 1.54) is 45.6 Å². The van der Waals surface area contributed by atoms with E-state index in [-0.39, 0.29) is 0 Å². The molecule has 1 atom stereocenters. The van der Waals surface area contributed by atoms with E-state index in [1.807, 2.05) is 0 Å². The van der Waals surface area contributed by atoms with Crippen LogP contribution in [0.1, 0.15) is 25.7 Å². The number of piperazine rings is 1. The average molecular weight is 255 g/mol. The number of hydrogen-bond donors (Lipinski definition) is 1. The molecule has 2 N–H and O–H groups in total. The second kappa shape index (κ2) is 7.43. The van der Waals surface area contributed by atoms with Gasteiger partial charge in [-0.1, -0.05) is 0 Å². The summed E-state index contributed by atoms with van der Waals surface area (Å²) in [5, 5.41) is 0. The van der Waals surface area contributed by atoms with Crippen LogP contribution in [0.5, 0.6) is 0 Å². The minimum absolute atomic E-state index is 0.315. The van der Waals surface area contributed by atoms with Crippen LogP contribution in [0.3, 0.4) is 0 Å². The third kappa shape index (κ3) is 5.22. The van der Waals surface area contributed by atoms with E-state index in [2.05, 4.69) is 9.80 Å². The lowest BCUT2D eigenvalue weighted by Crippen LogP contribution is -2.50. The number of nitrogens with two attached hydrogens (primary N) is 1. The summed E-state index contributed by atoms with van der Waals surface area (Å²) in [5.41, 5.74) is 6.16. The van der Waals surface area contributed by atoms with Gasteiger partial charge in [-0.15, -0.1) is 0 Å². The Kier molecular flexibility index (Phi) is 5.89. The first-order valence-corrected chi connectivity index (χ1v) is 7.47. The van der Waals surface area contributed by atoms with Crippen LogP contribution in [0.4, 0.5) is 0 Å². The molecule has 4 nitrogen and oxygen atoms in total. The monoisotopic (exact) mass is 255 g/mol. The fraction of sp³-hybridized carbons (Fsp3) is 1.00. The highest BCUT2D eigenvalue weighted by molar-refractivity contribution is 4.81. The quantitative estimate of drug-likeness (QED) is 0.651. The van der Waals surface area contributed by atoms with Crippen molar-refractivity contribution in [3.63, 3.8) is 0 Å². The standard InChI is InChI=1S/C14H29N3O/c1-18-10-2-3-14(15)12-17-8-6-16(7-9-17)11-13-4-5-13/h13-14H,2-12,15H2,1H3. The summed E-state index contributed by atoms with van der Waals surface area (Å²) in [5.74, 6) is 1.02. The van der Waals surface area contributed by atoms with E-state index in [0.717, 1.165) is 31.9 Å². The number of rotatable bonds is 8. The zero-order valence-electron chi connectivity index (χ0n) is 11.8. The smallest absolute Gasteiger partial charge is 0.0462 e. The summed E-state index contributed by atoms with van der Waals surface area (Å²) in [4.78, 5) is 5.16. The highest BCUT2D eigenvalue weighted by atomic mass is 16.5. The van der Waals surface area contributed by atoms with Crippen LogP contribution >= 0.6 is 0 Å². The Bertz CT molecular complexity index is 225. The molecule has 0 aromatic carbocycles. The number of nitrogens with zero attached hydrogens (tertiary/aromatic N) is 2. The molecule has 0 amide bonds. The van der Waals surface area contributed by atoms with Gasteiger partial charge in [0.15, 0.2) is 0 Å². The summed E-state index contributed by atoms with van der Waals surface area (Å²) >= 11 is 0. The molecule has 106 valence electrons. The van der Waals surface area contributed by atoms with Crippen LogP contribution in [-0.4, -0.2) is 68.8 Å². The van der Waals surface area contributed by atoms with E-state index in [9.17, 15) is 0 Å². The molecular weight excluding hydrogens is 226 g/mol. The van der Waals surface area contributed by atoms with Crippen LogP contribution in [0.2, 0.25) is 0 Å². The molecule has 0 radical (unpaired) electrons. The summed E-state index contributed by atoms with van der Waals surface area (Å²) in [7, 11) is 1.75. The SMILES string of the molecule is COCCCC(N)CN1CCN(CC2CC2)CC1. The van der Waals surface area contributed by atoms with E-state index in [0.29, 0.717) is 6.04 Å². The summed E-state index contributed by atoms with van der Waals surface area (Å²) < 4.78 is 5.06. The molecule has 2 fully saturated rings. The molecule has 0 bridgehead atoms. The van der Waals surface area contributed by atoms with Crippen LogP contribution in [0, 0.1) is 5.92 Å². The van der Waals surface area contributed by atoms with Gasteiger partial charge in [0.05, 0.1) is 0 Å². The Morgan fingerprint density at radius 1 is 1.17 bits per heavy atom. The number of hydrogen-bond acceptors (Lipinski definition) is 4. The third-order valence-corrected chi connectivity index (χ3v) is 4.09. The van der Waals surface area contributed by atoms with E-state index >= 15 is 0 Å². The van der Waals surface area contributed by atoms with Crippen molar-refractivity contribution in [3.8, 4) is 0 Å². The van der Waals surface area contributed by atoms with E-state index in [1.54, 1.807) is 7.11 Å². The van der Waals surface area contributed by atoms with Crippen molar-refractivity contribution in [2.75, 3.05) is 53.0 Å². The molecule has 1 saturated carbocycles. The molecule has 0 aromatic rings. The molecule has 18 heavy (non-hydrogen) atoms. The van der Waals surface area contributed by atoms with Gasteiger partial charge >= 0.3 is 0 Å². The minimum atomic E-state index is 0.315. The molecule has 1 unspecified atom stereocenters. The van der Waals surface area contributed by atoms with E-state index in [4.69, 9.17) is 10.5 Å². The van der Waals surface area contributed by atoms with Crippen molar-refractivity contribution >= 4 is 0 Å². The number of ether oxygens (including phenoxy) is 1. The Morgan fingerprint density at radius 2 is 1.83 bits per heavy atom. The Morgan fingerprint density at radius 3 is 2.44 bits per heavy atom. The predicted molar refractivity (Wildman–Crippen MR) is 74.7 cm³/mol. The fourth-order valence-corrected chi connectivity index (χ4v) is 2.73. The maximum Gasteiger partial charge on any atom is 0.0462 e. The highest BCUT2D eigenvalue weighted by Gasteiger charge is 2.26. The van der Waals surface area contributed by atoms with Gasteiger partial charge in [-0.25, -0.2) is 0 Å². The first-order valence-electron chi connectivity index (χ1n) is 7.47. The Balaban J connectivity index is 1.54. The second-order valence-corrected chi connectivity index (χ2v) is 5.94. The van der Waals surface area contributed by atoms with E-state index < -0.39 is 0 Å². The zero-order valence-corrected chi connectivity index (χ0v) is 11.8. The predicted octanol–water partition coefficient (Wildman–Crippen LogP) is 0.768.